The standard InChI is InChI=1S/C15H14F3N3O3/c1-19-14(23)21-10-5-3-2-4-8(10)9-6-7-20-12(11(9)21)24-13(22)15(16,17)18/h2-5,12,20H,6-7H2,1H3,(H,19,23). The third kappa shape index (κ3) is 2.60. The smallest absolute Gasteiger partial charge is 0.434 e. The van der Waals surface area contributed by atoms with Crippen LogP contribution in [0.5, 0.6) is 0 Å². The number of nitrogens with one attached hydrogen (secondary N) is 2. The Hall–Kier alpha value is -2.55. The number of carbonyl (C=O) groups excluding carboxylic acids is 2. The van der Waals surface area contributed by atoms with E-state index in [-0.39, 0.29) is 5.69 Å². The number of para-hydroxylation sites is 1. The van der Waals surface area contributed by atoms with Gasteiger partial charge >= 0.3 is 18.2 Å². The normalized spacial score (nSPS) is 17.4. The van der Waals surface area contributed by atoms with Crippen LogP contribution in [0, 0.1) is 0 Å². The lowest BCUT2D eigenvalue weighted by Crippen LogP contribution is -2.39. The van der Waals surface area contributed by atoms with Crippen molar-refractivity contribution in [1.29, 1.82) is 0 Å². The number of rotatable bonds is 1. The second-order valence-electron chi connectivity index (χ2n) is 5.26. The molecule has 1 amide bonds. The molecule has 0 spiro atoms. The van der Waals surface area contributed by atoms with E-state index in [9.17, 15) is 22.8 Å². The zero-order chi connectivity index (χ0) is 17.5. The molecule has 6 nitrogen and oxygen atoms in total. The molecule has 0 radical (unpaired) electrons. The Morgan fingerprint density at radius 3 is 2.71 bits per heavy atom. The van der Waals surface area contributed by atoms with Gasteiger partial charge in [-0.15, -0.1) is 0 Å². The molecule has 128 valence electrons. The third-order valence-corrected chi connectivity index (χ3v) is 3.85. The Balaban J connectivity index is 2.15. The van der Waals surface area contributed by atoms with Crippen LogP contribution in [0.3, 0.4) is 0 Å². The van der Waals surface area contributed by atoms with Crippen molar-refractivity contribution in [3.05, 3.63) is 35.5 Å². The summed E-state index contributed by atoms with van der Waals surface area (Å²) in [6.07, 6.45) is -5.96. The van der Waals surface area contributed by atoms with Crippen LogP contribution in [-0.4, -0.2) is 36.3 Å². The van der Waals surface area contributed by atoms with E-state index in [1.165, 1.54) is 11.6 Å². The minimum Gasteiger partial charge on any atom is -0.434 e. The van der Waals surface area contributed by atoms with Gasteiger partial charge in [-0.3, -0.25) is 9.88 Å². The largest absolute Gasteiger partial charge is 0.490 e. The van der Waals surface area contributed by atoms with Crippen molar-refractivity contribution in [3.8, 4) is 0 Å². The summed E-state index contributed by atoms with van der Waals surface area (Å²) in [4.78, 5) is 23.5. The highest BCUT2D eigenvalue weighted by molar-refractivity contribution is 5.95. The first kappa shape index (κ1) is 16.3. The van der Waals surface area contributed by atoms with Crippen LogP contribution in [0.1, 0.15) is 17.5 Å². The number of amides is 1. The maximum absolute atomic E-state index is 12.5. The first-order valence-electron chi connectivity index (χ1n) is 7.20. The number of nitrogens with zero attached hydrogens (tertiary/aromatic N) is 1. The molecule has 9 heteroatoms. The molecule has 0 bridgehead atoms. The molecule has 2 aromatic rings. The molecule has 0 aliphatic carbocycles. The molecule has 0 saturated carbocycles. The average Bonchev–Trinajstić information content (AvgIpc) is 2.89. The maximum Gasteiger partial charge on any atom is 0.490 e. The van der Waals surface area contributed by atoms with Gasteiger partial charge in [0.15, 0.2) is 6.23 Å². The van der Waals surface area contributed by atoms with Gasteiger partial charge in [-0.1, -0.05) is 18.2 Å². The van der Waals surface area contributed by atoms with Crippen LogP contribution >= 0.6 is 0 Å². The van der Waals surface area contributed by atoms with Crippen molar-refractivity contribution in [2.75, 3.05) is 13.6 Å². The Morgan fingerprint density at radius 1 is 1.33 bits per heavy atom. The predicted molar refractivity (Wildman–Crippen MR) is 78.4 cm³/mol. The highest BCUT2D eigenvalue weighted by Gasteiger charge is 2.44. The molecule has 2 heterocycles. The fraction of sp³-hybridized carbons (Fsp3) is 0.333. The average molecular weight is 341 g/mol. The second-order valence-corrected chi connectivity index (χ2v) is 5.26. The van der Waals surface area contributed by atoms with Gasteiger partial charge in [-0.2, -0.15) is 13.2 Å². The van der Waals surface area contributed by atoms with Gasteiger partial charge in [-0.05, 0) is 18.1 Å². The fourth-order valence-electron chi connectivity index (χ4n) is 2.89. The topological polar surface area (TPSA) is 72.4 Å². The van der Waals surface area contributed by atoms with E-state index in [4.69, 9.17) is 0 Å². The minimum absolute atomic E-state index is 0.208. The van der Waals surface area contributed by atoms with Gasteiger partial charge in [0.2, 0.25) is 0 Å². The Kier molecular flexibility index (Phi) is 3.96. The summed E-state index contributed by atoms with van der Waals surface area (Å²) in [5.41, 5.74) is 1.44. The number of hydrogen-bond acceptors (Lipinski definition) is 4. The van der Waals surface area contributed by atoms with E-state index in [0.717, 1.165) is 5.39 Å². The van der Waals surface area contributed by atoms with Gasteiger partial charge < -0.3 is 10.1 Å². The molecule has 1 aromatic carbocycles. The second kappa shape index (κ2) is 5.82. The summed E-state index contributed by atoms with van der Waals surface area (Å²) in [5, 5.41) is 5.90. The zero-order valence-electron chi connectivity index (χ0n) is 12.6. The van der Waals surface area contributed by atoms with E-state index < -0.39 is 24.4 Å². The highest BCUT2D eigenvalue weighted by Crippen LogP contribution is 2.34. The Labute approximate surface area is 134 Å². The monoisotopic (exact) mass is 341 g/mol. The van der Waals surface area contributed by atoms with Gasteiger partial charge in [0, 0.05) is 19.0 Å². The first-order valence-corrected chi connectivity index (χ1v) is 7.20. The number of fused-ring (bicyclic) bond motifs is 3. The van der Waals surface area contributed by atoms with Crippen LogP contribution < -0.4 is 10.6 Å². The molecule has 1 aromatic heterocycles. The van der Waals surface area contributed by atoms with Crippen molar-refractivity contribution >= 4 is 22.9 Å². The number of alkyl halides is 3. The number of aromatic nitrogens is 1. The van der Waals surface area contributed by atoms with E-state index >= 15 is 0 Å². The SMILES string of the molecule is CNC(=O)n1c2c(c3ccccc31)CCNC2OC(=O)C(F)(F)F. The van der Waals surface area contributed by atoms with Crippen molar-refractivity contribution in [2.24, 2.45) is 0 Å². The molecule has 3 rings (SSSR count). The lowest BCUT2D eigenvalue weighted by atomic mass is 10.0. The van der Waals surface area contributed by atoms with Crippen molar-refractivity contribution in [1.82, 2.24) is 15.2 Å². The molecule has 1 atom stereocenters. The van der Waals surface area contributed by atoms with Gasteiger partial charge in [0.1, 0.15) is 0 Å². The number of esters is 1. The van der Waals surface area contributed by atoms with Crippen LogP contribution in [-0.2, 0) is 16.0 Å². The van der Waals surface area contributed by atoms with Gasteiger partial charge in [0.25, 0.3) is 0 Å². The molecular formula is C15H14F3N3O3. The minimum atomic E-state index is -5.11. The summed E-state index contributed by atoms with van der Waals surface area (Å²) in [6.45, 7) is 0.324. The summed E-state index contributed by atoms with van der Waals surface area (Å²) in [5.74, 6) is -2.30. The van der Waals surface area contributed by atoms with E-state index in [1.807, 2.05) is 0 Å². The van der Waals surface area contributed by atoms with E-state index in [0.29, 0.717) is 24.0 Å². The van der Waals surface area contributed by atoms with E-state index in [1.54, 1.807) is 24.3 Å². The maximum atomic E-state index is 12.5. The Bertz CT molecular complexity index is 813. The van der Waals surface area contributed by atoms with Crippen molar-refractivity contribution < 1.29 is 27.5 Å². The lowest BCUT2D eigenvalue weighted by molar-refractivity contribution is -0.207. The number of benzene rings is 1. The number of hydrogen-bond donors (Lipinski definition) is 2. The van der Waals surface area contributed by atoms with Crippen molar-refractivity contribution in [3.63, 3.8) is 0 Å². The molecule has 24 heavy (non-hydrogen) atoms. The van der Waals surface area contributed by atoms with Crippen molar-refractivity contribution in [2.45, 2.75) is 18.8 Å². The first-order chi connectivity index (χ1) is 11.3. The molecule has 1 unspecified atom stereocenters. The summed E-state index contributed by atoms with van der Waals surface area (Å²) < 4.78 is 43.4. The van der Waals surface area contributed by atoms with Gasteiger partial charge in [0.05, 0.1) is 11.2 Å². The summed E-state index contributed by atoms with van der Waals surface area (Å²) in [6, 6.07) is 6.43. The molecule has 0 fully saturated rings. The predicted octanol–water partition coefficient (Wildman–Crippen LogP) is 2.08. The van der Waals surface area contributed by atoms with Gasteiger partial charge in [-0.25, -0.2) is 9.59 Å². The summed E-state index contributed by atoms with van der Waals surface area (Å²) in [7, 11) is 1.41. The third-order valence-electron chi connectivity index (χ3n) is 3.85. The molecule has 1 aliphatic heterocycles. The van der Waals surface area contributed by atoms with Crippen LogP contribution in [0.2, 0.25) is 0 Å². The summed E-state index contributed by atoms with van der Waals surface area (Å²) >= 11 is 0. The molecule has 1 aliphatic rings. The zero-order valence-corrected chi connectivity index (χ0v) is 12.6. The molecule has 2 N–H and O–H groups in total. The van der Waals surface area contributed by atoms with Crippen LogP contribution in [0.4, 0.5) is 18.0 Å². The Morgan fingerprint density at radius 2 is 2.04 bits per heavy atom. The number of halogens is 3. The highest BCUT2D eigenvalue weighted by atomic mass is 19.4. The van der Waals surface area contributed by atoms with Crippen LogP contribution in [0.25, 0.3) is 10.9 Å². The van der Waals surface area contributed by atoms with Crippen LogP contribution in [0.15, 0.2) is 24.3 Å². The number of ether oxygens (including phenoxy) is 1. The molecular weight excluding hydrogens is 327 g/mol. The quantitative estimate of drug-likeness (QED) is 0.779. The lowest BCUT2D eigenvalue weighted by Gasteiger charge is -2.26. The molecule has 0 saturated heterocycles. The fourth-order valence-corrected chi connectivity index (χ4v) is 2.89. The number of carbonyl (C=O) groups is 2. The van der Waals surface area contributed by atoms with E-state index in [2.05, 4.69) is 15.4 Å².